The van der Waals surface area contributed by atoms with Gasteiger partial charge in [0.25, 0.3) is 5.91 Å². The van der Waals surface area contributed by atoms with Gasteiger partial charge in [0.05, 0.1) is 18.1 Å². The fourth-order valence-electron chi connectivity index (χ4n) is 3.86. The molecule has 1 fully saturated rings. The van der Waals surface area contributed by atoms with E-state index in [0.29, 0.717) is 31.0 Å². The smallest absolute Gasteiger partial charge is 0.255 e. The largest absolute Gasteiger partial charge is 0.493 e. The normalized spacial score (nSPS) is 15.5. The van der Waals surface area contributed by atoms with Crippen LogP contribution in [0, 0.1) is 5.92 Å². The second kappa shape index (κ2) is 9.82. The summed E-state index contributed by atoms with van der Waals surface area (Å²) in [5.41, 5.74) is 8.84. The maximum Gasteiger partial charge on any atom is 0.255 e. The number of nitrogens with two attached hydrogens (primary N) is 1. The third-order valence-corrected chi connectivity index (χ3v) is 6.34. The van der Waals surface area contributed by atoms with Crippen LogP contribution in [-0.2, 0) is 11.3 Å². The number of primary amides is 1. The van der Waals surface area contributed by atoms with Gasteiger partial charge in [-0.3, -0.25) is 9.59 Å². The van der Waals surface area contributed by atoms with E-state index in [-0.39, 0.29) is 17.7 Å². The molecule has 1 aliphatic heterocycles. The van der Waals surface area contributed by atoms with Crippen molar-refractivity contribution in [3.63, 3.8) is 0 Å². The van der Waals surface area contributed by atoms with Crippen LogP contribution in [0.25, 0.3) is 10.6 Å². The topological polar surface area (TPSA) is 97.5 Å². The van der Waals surface area contributed by atoms with Crippen LogP contribution in [0.15, 0.2) is 54.0 Å². The Hall–Kier alpha value is -3.39. The minimum Gasteiger partial charge on any atom is -0.493 e. The van der Waals surface area contributed by atoms with Crippen molar-refractivity contribution in [2.24, 2.45) is 11.7 Å². The number of thiazole rings is 1. The van der Waals surface area contributed by atoms with Crippen LogP contribution in [0.1, 0.15) is 29.3 Å². The van der Waals surface area contributed by atoms with Gasteiger partial charge >= 0.3 is 0 Å². The summed E-state index contributed by atoms with van der Waals surface area (Å²) in [4.78, 5) is 31.0. The second-order valence-corrected chi connectivity index (χ2v) is 8.56. The minimum atomic E-state index is -0.281. The van der Waals surface area contributed by atoms with E-state index >= 15 is 0 Å². The first-order chi connectivity index (χ1) is 15.5. The number of rotatable bonds is 8. The number of carbonyl (C=O) groups excluding carboxylic acids is 2. The summed E-state index contributed by atoms with van der Waals surface area (Å²) in [5.74, 6) is -0.114. The molecule has 0 saturated carbocycles. The van der Waals surface area contributed by atoms with Crippen molar-refractivity contribution in [3.8, 4) is 16.3 Å². The van der Waals surface area contributed by atoms with Crippen molar-refractivity contribution in [1.82, 2.24) is 10.3 Å². The predicted octanol–water partition coefficient (Wildman–Crippen LogP) is 3.45. The standard InChI is InChI=1S/C24H26N4O3S/c1-2-31-21-7-6-19(28-10-8-18(15-28)22(25)29)13-20(21)23(30)27-14-16-4-3-5-17(12-16)24-26-9-11-32-24/h3-7,9,11-13,18H,2,8,10,14-15H2,1H3,(H2,25,29)(H,27,30). The molecule has 4 rings (SSSR count). The van der Waals surface area contributed by atoms with Crippen LogP contribution in [0.4, 0.5) is 5.69 Å². The minimum absolute atomic E-state index is 0.163. The van der Waals surface area contributed by atoms with Gasteiger partial charge in [-0.05, 0) is 43.2 Å². The first kappa shape index (κ1) is 21.8. The highest BCUT2D eigenvalue weighted by Gasteiger charge is 2.27. The molecule has 7 nitrogen and oxygen atoms in total. The number of anilines is 1. The third-order valence-electron chi connectivity index (χ3n) is 5.52. The molecule has 1 aromatic heterocycles. The van der Waals surface area contributed by atoms with E-state index in [1.54, 1.807) is 17.5 Å². The van der Waals surface area contributed by atoms with Gasteiger partial charge in [0, 0.05) is 42.5 Å². The highest BCUT2D eigenvalue weighted by molar-refractivity contribution is 7.13. The summed E-state index contributed by atoms with van der Waals surface area (Å²) in [7, 11) is 0. The highest BCUT2D eigenvalue weighted by atomic mass is 32.1. The number of aromatic nitrogens is 1. The predicted molar refractivity (Wildman–Crippen MR) is 126 cm³/mol. The molecule has 1 aliphatic rings. The van der Waals surface area contributed by atoms with E-state index in [4.69, 9.17) is 10.5 Å². The van der Waals surface area contributed by atoms with Gasteiger partial charge in [-0.15, -0.1) is 11.3 Å². The zero-order valence-corrected chi connectivity index (χ0v) is 18.7. The zero-order valence-electron chi connectivity index (χ0n) is 17.9. The first-order valence-corrected chi connectivity index (χ1v) is 11.5. The molecule has 166 valence electrons. The number of benzene rings is 2. The maximum atomic E-state index is 13.1. The molecule has 0 spiro atoms. The average molecular weight is 451 g/mol. The van der Waals surface area contributed by atoms with Crippen LogP contribution in [-0.4, -0.2) is 36.5 Å². The van der Waals surface area contributed by atoms with E-state index in [2.05, 4.69) is 15.2 Å². The molecule has 1 unspecified atom stereocenters. The van der Waals surface area contributed by atoms with Crippen molar-refractivity contribution < 1.29 is 14.3 Å². The summed E-state index contributed by atoms with van der Waals surface area (Å²) >= 11 is 1.58. The number of hydrogen-bond donors (Lipinski definition) is 2. The van der Waals surface area contributed by atoms with Crippen LogP contribution >= 0.6 is 11.3 Å². The number of nitrogens with zero attached hydrogens (tertiary/aromatic N) is 2. The maximum absolute atomic E-state index is 13.1. The van der Waals surface area contributed by atoms with E-state index in [1.807, 2.05) is 54.8 Å². The third kappa shape index (κ3) is 4.91. The Morgan fingerprint density at radius 3 is 2.88 bits per heavy atom. The monoisotopic (exact) mass is 450 g/mol. The molecule has 1 atom stereocenters. The molecule has 8 heteroatoms. The van der Waals surface area contributed by atoms with Gasteiger partial charge in [-0.2, -0.15) is 0 Å². The molecule has 0 bridgehead atoms. The Morgan fingerprint density at radius 1 is 1.28 bits per heavy atom. The lowest BCUT2D eigenvalue weighted by atomic mass is 10.1. The lowest BCUT2D eigenvalue weighted by Gasteiger charge is -2.20. The molecule has 2 aromatic carbocycles. The molecular weight excluding hydrogens is 424 g/mol. The van der Waals surface area contributed by atoms with Crippen molar-refractivity contribution in [2.75, 3.05) is 24.6 Å². The van der Waals surface area contributed by atoms with E-state index in [9.17, 15) is 9.59 Å². The molecule has 0 aliphatic carbocycles. The summed E-state index contributed by atoms with van der Waals surface area (Å²) in [6.45, 7) is 4.03. The number of hydrogen-bond acceptors (Lipinski definition) is 6. The van der Waals surface area contributed by atoms with E-state index in [1.165, 1.54) is 0 Å². The van der Waals surface area contributed by atoms with E-state index in [0.717, 1.165) is 34.8 Å². The van der Waals surface area contributed by atoms with Gasteiger partial charge in [0.1, 0.15) is 10.8 Å². The number of ether oxygens (including phenoxy) is 1. The zero-order chi connectivity index (χ0) is 22.5. The van der Waals surface area contributed by atoms with E-state index < -0.39 is 0 Å². The number of nitrogens with one attached hydrogen (secondary N) is 1. The molecule has 2 heterocycles. The van der Waals surface area contributed by atoms with Crippen molar-refractivity contribution in [3.05, 3.63) is 65.2 Å². The molecular formula is C24H26N4O3S. The van der Waals surface area contributed by atoms with Gasteiger partial charge in [0.2, 0.25) is 5.91 Å². The fraction of sp³-hybridized carbons (Fsp3) is 0.292. The summed E-state index contributed by atoms with van der Waals surface area (Å²) in [6.07, 6.45) is 2.50. The molecule has 32 heavy (non-hydrogen) atoms. The quantitative estimate of drug-likeness (QED) is 0.548. The molecule has 2 amide bonds. The lowest BCUT2D eigenvalue weighted by molar-refractivity contribution is -0.121. The highest BCUT2D eigenvalue weighted by Crippen LogP contribution is 2.29. The number of amides is 2. The molecule has 1 saturated heterocycles. The van der Waals surface area contributed by atoms with Crippen molar-refractivity contribution in [2.45, 2.75) is 19.9 Å². The lowest BCUT2D eigenvalue weighted by Crippen LogP contribution is -2.28. The van der Waals surface area contributed by atoms with Gasteiger partial charge < -0.3 is 20.7 Å². The average Bonchev–Trinajstić information content (AvgIpc) is 3.51. The Kier molecular flexibility index (Phi) is 6.70. The Morgan fingerprint density at radius 2 is 2.16 bits per heavy atom. The summed E-state index contributed by atoms with van der Waals surface area (Å²) in [5, 5.41) is 5.89. The van der Waals surface area contributed by atoms with Crippen LogP contribution < -0.4 is 20.7 Å². The molecule has 3 aromatic rings. The van der Waals surface area contributed by atoms with Gasteiger partial charge in [-0.25, -0.2) is 4.98 Å². The SMILES string of the molecule is CCOc1ccc(N2CCC(C(N)=O)C2)cc1C(=O)NCc1cccc(-c2nccs2)c1. The van der Waals surface area contributed by atoms with Crippen LogP contribution in [0.5, 0.6) is 5.75 Å². The summed E-state index contributed by atoms with van der Waals surface area (Å²) < 4.78 is 5.69. The number of carbonyl (C=O) groups is 2. The van der Waals surface area contributed by atoms with Crippen molar-refractivity contribution in [1.29, 1.82) is 0 Å². The Labute approximate surface area is 191 Å². The van der Waals surface area contributed by atoms with Crippen molar-refractivity contribution >= 4 is 28.8 Å². The Bertz CT molecular complexity index is 1100. The van der Waals surface area contributed by atoms with Crippen LogP contribution in [0.3, 0.4) is 0 Å². The second-order valence-electron chi connectivity index (χ2n) is 7.67. The molecule has 0 radical (unpaired) electrons. The van der Waals surface area contributed by atoms with Gasteiger partial charge in [0.15, 0.2) is 0 Å². The summed E-state index contributed by atoms with van der Waals surface area (Å²) in [6, 6.07) is 13.6. The van der Waals surface area contributed by atoms with Crippen LogP contribution in [0.2, 0.25) is 0 Å². The Balaban J connectivity index is 1.49. The first-order valence-electron chi connectivity index (χ1n) is 10.6. The fourth-order valence-corrected chi connectivity index (χ4v) is 4.49. The molecule has 3 N–H and O–H groups in total. The van der Waals surface area contributed by atoms with Gasteiger partial charge in [-0.1, -0.05) is 18.2 Å².